The lowest BCUT2D eigenvalue weighted by Gasteiger charge is -2.44. The predicted octanol–water partition coefficient (Wildman–Crippen LogP) is 3.99. The van der Waals surface area contributed by atoms with E-state index in [0.29, 0.717) is 44.9 Å². The molecule has 1 saturated heterocycles. The number of fused-ring (bicyclic) bond motifs is 1. The van der Waals surface area contributed by atoms with Crippen molar-refractivity contribution in [2.45, 2.75) is 95.5 Å². The van der Waals surface area contributed by atoms with Gasteiger partial charge >= 0.3 is 0 Å². The van der Waals surface area contributed by atoms with Crippen molar-refractivity contribution in [1.82, 2.24) is 9.80 Å². The first-order valence-corrected chi connectivity index (χ1v) is 13.3. The van der Waals surface area contributed by atoms with Crippen LogP contribution in [-0.2, 0) is 9.59 Å². The summed E-state index contributed by atoms with van der Waals surface area (Å²) < 4.78 is 0. The maximum absolute atomic E-state index is 13.1. The molecule has 5 fully saturated rings. The van der Waals surface area contributed by atoms with Crippen LogP contribution in [0.25, 0.3) is 0 Å². The molecular weight excluding hydrogens is 388 g/mol. The normalized spacial score (nSPS) is 38.2. The van der Waals surface area contributed by atoms with Crippen LogP contribution in [-0.4, -0.2) is 58.5 Å². The molecule has 174 valence electrons. The predicted molar refractivity (Wildman–Crippen MR) is 120 cm³/mol. The molecule has 0 aromatic heterocycles. The zero-order valence-corrected chi connectivity index (χ0v) is 19.3. The Morgan fingerprint density at radius 1 is 0.645 bits per heavy atom. The Hall–Kier alpha value is -1.10. The van der Waals surface area contributed by atoms with Crippen LogP contribution in [0.15, 0.2) is 0 Å². The van der Waals surface area contributed by atoms with Crippen LogP contribution < -0.4 is 0 Å². The molecule has 0 aromatic carbocycles. The van der Waals surface area contributed by atoms with Gasteiger partial charge in [0, 0.05) is 32.1 Å². The molecule has 0 aromatic rings. The lowest BCUT2D eigenvalue weighted by Crippen LogP contribution is -2.59. The fourth-order valence-electron chi connectivity index (χ4n) is 7.58. The highest BCUT2D eigenvalue weighted by atomic mass is 16.3. The Labute approximate surface area is 187 Å². The lowest BCUT2D eigenvalue weighted by atomic mass is 9.62. The van der Waals surface area contributed by atoms with Gasteiger partial charge in [0.2, 0.25) is 5.91 Å². The van der Waals surface area contributed by atoms with Gasteiger partial charge in [-0.1, -0.05) is 25.7 Å². The van der Waals surface area contributed by atoms with E-state index in [1.54, 1.807) is 4.90 Å². The molecule has 0 bridgehead atoms. The molecule has 3 unspecified atom stereocenters. The Bertz CT molecular complexity index is 660. The molecule has 4 aliphatic carbocycles. The summed E-state index contributed by atoms with van der Waals surface area (Å²) in [6.07, 6.45) is 17.0. The standard InChI is InChI=1S/C26H42N2O3/c29-24(27-14-16-28(17-15-27)25(30)26(31)12-3-13-26)21-9-6-20(7-10-21)23-11-8-19-4-1-2-5-22(19)18-23/h19-23,31H,1-18H2. The molecule has 4 saturated carbocycles. The molecule has 1 heterocycles. The molecule has 5 aliphatic rings. The molecular formula is C26H42N2O3. The summed E-state index contributed by atoms with van der Waals surface area (Å²) in [5, 5.41) is 10.3. The van der Waals surface area contributed by atoms with Gasteiger partial charge in [-0.3, -0.25) is 9.59 Å². The highest BCUT2D eigenvalue weighted by Crippen LogP contribution is 2.48. The van der Waals surface area contributed by atoms with E-state index < -0.39 is 5.60 Å². The monoisotopic (exact) mass is 430 g/mol. The van der Waals surface area contributed by atoms with Gasteiger partial charge in [-0.05, 0) is 87.9 Å². The van der Waals surface area contributed by atoms with E-state index in [9.17, 15) is 14.7 Å². The third-order valence-electron chi connectivity index (χ3n) is 9.83. The van der Waals surface area contributed by atoms with E-state index in [-0.39, 0.29) is 11.8 Å². The van der Waals surface area contributed by atoms with Crippen molar-refractivity contribution in [3.8, 4) is 0 Å². The number of nitrogens with zero attached hydrogens (tertiary/aromatic N) is 2. The zero-order chi connectivity index (χ0) is 21.4. The van der Waals surface area contributed by atoms with Crippen molar-refractivity contribution >= 4 is 11.8 Å². The molecule has 5 heteroatoms. The molecule has 0 radical (unpaired) electrons. The van der Waals surface area contributed by atoms with Crippen molar-refractivity contribution in [3.05, 3.63) is 0 Å². The second-order valence-electron chi connectivity index (χ2n) is 11.5. The first-order chi connectivity index (χ1) is 15.0. The molecule has 5 rings (SSSR count). The maximum atomic E-state index is 13.1. The van der Waals surface area contributed by atoms with Crippen LogP contribution in [0.1, 0.15) is 89.9 Å². The highest BCUT2D eigenvalue weighted by molar-refractivity contribution is 5.86. The molecule has 3 atom stereocenters. The van der Waals surface area contributed by atoms with E-state index >= 15 is 0 Å². The topological polar surface area (TPSA) is 60.9 Å². The Morgan fingerprint density at radius 3 is 1.81 bits per heavy atom. The van der Waals surface area contributed by atoms with Crippen molar-refractivity contribution in [3.63, 3.8) is 0 Å². The first-order valence-electron chi connectivity index (χ1n) is 13.3. The molecule has 2 amide bonds. The van der Waals surface area contributed by atoms with E-state index in [1.807, 2.05) is 4.90 Å². The molecule has 0 spiro atoms. The average molecular weight is 431 g/mol. The van der Waals surface area contributed by atoms with Gasteiger partial charge in [0.1, 0.15) is 5.60 Å². The van der Waals surface area contributed by atoms with E-state index in [2.05, 4.69) is 0 Å². The summed E-state index contributed by atoms with van der Waals surface area (Å²) in [6, 6.07) is 0. The number of hydrogen-bond donors (Lipinski definition) is 1. The fraction of sp³-hybridized carbons (Fsp3) is 0.923. The molecule has 5 nitrogen and oxygen atoms in total. The first kappa shape index (κ1) is 21.7. The Morgan fingerprint density at radius 2 is 1.16 bits per heavy atom. The summed E-state index contributed by atoms with van der Waals surface area (Å²) in [4.78, 5) is 29.4. The lowest BCUT2D eigenvalue weighted by molar-refractivity contribution is -0.163. The van der Waals surface area contributed by atoms with Crippen LogP contribution >= 0.6 is 0 Å². The molecule has 1 N–H and O–H groups in total. The second kappa shape index (κ2) is 9.03. The minimum absolute atomic E-state index is 0.112. The van der Waals surface area contributed by atoms with Gasteiger partial charge in [0.25, 0.3) is 5.91 Å². The van der Waals surface area contributed by atoms with Crippen LogP contribution in [0.5, 0.6) is 0 Å². The maximum Gasteiger partial charge on any atom is 0.254 e. The molecule has 1 aliphatic heterocycles. The van der Waals surface area contributed by atoms with Crippen LogP contribution in [0.3, 0.4) is 0 Å². The summed E-state index contributed by atoms with van der Waals surface area (Å²) in [7, 11) is 0. The van der Waals surface area contributed by atoms with Gasteiger partial charge in [-0.25, -0.2) is 0 Å². The van der Waals surface area contributed by atoms with Crippen molar-refractivity contribution in [2.75, 3.05) is 26.2 Å². The third-order valence-corrected chi connectivity index (χ3v) is 9.83. The second-order valence-corrected chi connectivity index (χ2v) is 11.5. The van der Waals surface area contributed by atoms with Gasteiger partial charge in [0.05, 0.1) is 0 Å². The minimum atomic E-state index is -1.11. The van der Waals surface area contributed by atoms with Gasteiger partial charge < -0.3 is 14.9 Å². The largest absolute Gasteiger partial charge is 0.380 e. The van der Waals surface area contributed by atoms with Crippen LogP contribution in [0.2, 0.25) is 0 Å². The summed E-state index contributed by atoms with van der Waals surface area (Å²) in [6.45, 7) is 2.41. The summed E-state index contributed by atoms with van der Waals surface area (Å²) in [5.41, 5.74) is -1.11. The number of rotatable bonds is 3. The SMILES string of the molecule is O=C(C1CCC(C2CCC3CCCCC3C2)CC1)N1CCN(C(=O)C2(O)CCC2)CC1. The average Bonchev–Trinajstić information content (AvgIpc) is 2.81. The van der Waals surface area contributed by atoms with Crippen molar-refractivity contribution in [1.29, 1.82) is 0 Å². The highest BCUT2D eigenvalue weighted by Gasteiger charge is 2.45. The fourth-order valence-corrected chi connectivity index (χ4v) is 7.58. The van der Waals surface area contributed by atoms with Crippen LogP contribution in [0.4, 0.5) is 0 Å². The van der Waals surface area contributed by atoms with E-state index in [4.69, 9.17) is 0 Å². The number of carbonyl (C=O) groups is 2. The van der Waals surface area contributed by atoms with Crippen molar-refractivity contribution in [2.24, 2.45) is 29.6 Å². The van der Waals surface area contributed by atoms with Crippen molar-refractivity contribution < 1.29 is 14.7 Å². The summed E-state index contributed by atoms with van der Waals surface area (Å²) >= 11 is 0. The van der Waals surface area contributed by atoms with Gasteiger partial charge in [-0.15, -0.1) is 0 Å². The number of carbonyl (C=O) groups excluding carboxylic acids is 2. The number of hydrogen-bond acceptors (Lipinski definition) is 3. The van der Waals surface area contributed by atoms with E-state index in [0.717, 1.165) is 42.9 Å². The number of aliphatic hydroxyl groups is 1. The summed E-state index contributed by atoms with van der Waals surface area (Å²) in [5.74, 6) is 4.21. The molecule has 31 heavy (non-hydrogen) atoms. The van der Waals surface area contributed by atoms with E-state index in [1.165, 1.54) is 57.8 Å². The number of amides is 2. The van der Waals surface area contributed by atoms with Crippen LogP contribution in [0, 0.1) is 29.6 Å². The number of piperazine rings is 1. The van der Waals surface area contributed by atoms with Gasteiger partial charge in [0.15, 0.2) is 0 Å². The Kier molecular flexibility index (Phi) is 6.33. The third kappa shape index (κ3) is 4.41. The minimum Gasteiger partial charge on any atom is -0.380 e. The smallest absolute Gasteiger partial charge is 0.254 e. The van der Waals surface area contributed by atoms with Gasteiger partial charge in [-0.2, -0.15) is 0 Å². The Balaban J connectivity index is 1.06. The zero-order valence-electron chi connectivity index (χ0n) is 19.3. The quantitative estimate of drug-likeness (QED) is 0.737.